The van der Waals surface area contributed by atoms with Crippen LogP contribution in [0.15, 0.2) is 18.3 Å². The fourth-order valence-electron chi connectivity index (χ4n) is 1.55. The molecular weight excluding hydrogens is 202 g/mol. The SMILES string of the molecule is CNc1ccc(Cn2nc(C)nc2C)cn1. The Morgan fingerprint density at radius 3 is 2.62 bits per heavy atom. The van der Waals surface area contributed by atoms with Gasteiger partial charge in [0.1, 0.15) is 17.5 Å². The van der Waals surface area contributed by atoms with Crippen molar-refractivity contribution in [3.8, 4) is 0 Å². The van der Waals surface area contributed by atoms with Gasteiger partial charge in [-0.05, 0) is 25.5 Å². The molecule has 0 aliphatic rings. The van der Waals surface area contributed by atoms with Crippen LogP contribution in [0.2, 0.25) is 0 Å². The number of hydrogen-bond acceptors (Lipinski definition) is 4. The molecular formula is C11H15N5. The normalized spacial score (nSPS) is 10.4. The van der Waals surface area contributed by atoms with E-state index in [1.807, 2.05) is 43.9 Å². The van der Waals surface area contributed by atoms with E-state index in [9.17, 15) is 0 Å². The van der Waals surface area contributed by atoms with Crippen LogP contribution in [0.4, 0.5) is 5.82 Å². The average Bonchev–Trinajstić information content (AvgIpc) is 2.59. The molecule has 0 amide bonds. The van der Waals surface area contributed by atoms with E-state index in [1.54, 1.807) is 0 Å². The van der Waals surface area contributed by atoms with Crippen molar-refractivity contribution in [2.24, 2.45) is 0 Å². The van der Waals surface area contributed by atoms with Crippen LogP contribution in [0.5, 0.6) is 0 Å². The summed E-state index contributed by atoms with van der Waals surface area (Å²) in [4.78, 5) is 8.52. The Kier molecular flexibility index (Phi) is 2.85. The first-order valence-corrected chi connectivity index (χ1v) is 5.20. The highest BCUT2D eigenvalue weighted by Gasteiger charge is 2.03. The highest BCUT2D eigenvalue weighted by Crippen LogP contribution is 2.07. The van der Waals surface area contributed by atoms with Crippen LogP contribution in [-0.4, -0.2) is 26.8 Å². The molecule has 16 heavy (non-hydrogen) atoms. The number of nitrogens with one attached hydrogen (secondary N) is 1. The minimum Gasteiger partial charge on any atom is -0.373 e. The molecule has 0 fully saturated rings. The summed E-state index contributed by atoms with van der Waals surface area (Å²) >= 11 is 0. The van der Waals surface area contributed by atoms with Crippen molar-refractivity contribution in [2.45, 2.75) is 20.4 Å². The second kappa shape index (κ2) is 4.30. The van der Waals surface area contributed by atoms with Crippen molar-refractivity contribution in [2.75, 3.05) is 12.4 Å². The zero-order valence-corrected chi connectivity index (χ0v) is 9.73. The van der Waals surface area contributed by atoms with Gasteiger partial charge >= 0.3 is 0 Å². The molecule has 0 atom stereocenters. The van der Waals surface area contributed by atoms with E-state index in [0.717, 1.165) is 23.0 Å². The Hall–Kier alpha value is -1.91. The van der Waals surface area contributed by atoms with E-state index in [-0.39, 0.29) is 0 Å². The van der Waals surface area contributed by atoms with E-state index in [1.165, 1.54) is 0 Å². The molecule has 5 heteroatoms. The second-order valence-electron chi connectivity index (χ2n) is 3.67. The molecule has 0 radical (unpaired) electrons. The molecule has 2 heterocycles. The lowest BCUT2D eigenvalue weighted by Gasteiger charge is -2.04. The molecule has 2 aromatic heterocycles. The first-order chi connectivity index (χ1) is 7.69. The van der Waals surface area contributed by atoms with Crippen molar-refractivity contribution in [1.82, 2.24) is 19.7 Å². The van der Waals surface area contributed by atoms with Gasteiger partial charge in [-0.3, -0.25) is 0 Å². The topological polar surface area (TPSA) is 55.6 Å². The predicted octanol–water partition coefficient (Wildman–Crippen LogP) is 1.38. The zero-order valence-electron chi connectivity index (χ0n) is 9.73. The number of rotatable bonds is 3. The van der Waals surface area contributed by atoms with Gasteiger partial charge in [0.15, 0.2) is 0 Å². The number of aromatic nitrogens is 4. The van der Waals surface area contributed by atoms with Crippen LogP contribution in [0.1, 0.15) is 17.2 Å². The highest BCUT2D eigenvalue weighted by atomic mass is 15.3. The standard InChI is InChI=1S/C11H15N5/c1-8-14-9(2)16(15-8)7-10-4-5-11(12-3)13-6-10/h4-6H,7H2,1-3H3,(H,12,13). The monoisotopic (exact) mass is 217 g/mol. The van der Waals surface area contributed by atoms with Crippen molar-refractivity contribution in [1.29, 1.82) is 0 Å². The molecule has 84 valence electrons. The maximum atomic E-state index is 4.31. The number of pyridine rings is 1. The third kappa shape index (κ3) is 2.18. The molecule has 0 aliphatic heterocycles. The molecule has 0 aromatic carbocycles. The van der Waals surface area contributed by atoms with Gasteiger partial charge in [-0.25, -0.2) is 14.6 Å². The van der Waals surface area contributed by atoms with Crippen molar-refractivity contribution in [3.05, 3.63) is 35.5 Å². The molecule has 2 aromatic rings. The molecule has 0 bridgehead atoms. The van der Waals surface area contributed by atoms with Gasteiger partial charge in [0, 0.05) is 13.2 Å². The van der Waals surface area contributed by atoms with Crippen LogP contribution in [0, 0.1) is 13.8 Å². The summed E-state index contributed by atoms with van der Waals surface area (Å²) in [6.07, 6.45) is 1.85. The number of aryl methyl sites for hydroxylation is 2. The van der Waals surface area contributed by atoms with Crippen LogP contribution in [-0.2, 0) is 6.54 Å². The lowest BCUT2D eigenvalue weighted by atomic mass is 10.3. The van der Waals surface area contributed by atoms with E-state index < -0.39 is 0 Å². The van der Waals surface area contributed by atoms with Crippen LogP contribution in [0.3, 0.4) is 0 Å². The first-order valence-electron chi connectivity index (χ1n) is 5.20. The lowest BCUT2D eigenvalue weighted by Crippen LogP contribution is -2.05. The fourth-order valence-corrected chi connectivity index (χ4v) is 1.55. The Morgan fingerprint density at radius 1 is 1.31 bits per heavy atom. The van der Waals surface area contributed by atoms with Gasteiger partial charge in [-0.1, -0.05) is 6.07 Å². The quantitative estimate of drug-likeness (QED) is 0.844. The van der Waals surface area contributed by atoms with Crippen molar-refractivity contribution < 1.29 is 0 Å². The summed E-state index contributed by atoms with van der Waals surface area (Å²) in [6, 6.07) is 3.99. The molecule has 0 spiro atoms. The Bertz CT molecular complexity index is 472. The number of nitrogens with zero attached hydrogens (tertiary/aromatic N) is 4. The van der Waals surface area contributed by atoms with Crippen molar-refractivity contribution >= 4 is 5.82 Å². The Morgan fingerprint density at radius 2 is 2.12 bits per heavy atom. The maximum absolute atomic E-state index is 4.31. The Balaban J connectivity index is 2.17. The summed E-state index contributed by atoms with van der Waals surface area (Å²) < 4.78 is 1.88. The number of anilines is 1. The Labute approximate surface area is 94.5 Å². The van der Waals surface area contributed by atoms with Crippen LogP contribution < -0.4 is 5.32 Å². The van der Waals surface area contributed by atoms with E-state index in [2.05, 4.69) is 20.4 Å². The van der Waals surface area contributed by atoms with Crippen LogP contribution >= 0.6 is 0 Å². The largest absolute Gasteiger partial charge is 0.373 e. The molecule has 0 saturated carbocycles. The average molecular weight is 217 g/mol. The minimum atomic E-state index is 0.712. The van der Waals surface area contributed by atoms with Crippen molar-refractivity contribution in [3.63, 3.8) is 0 Å². The maximum Gasteiger partial charge on any atom is 0.147 e. The molecule has 0 saturated heterocycles. The number of hydrogen-bond donors (Lipinski definition) is 1. The van der Waals surface area contributed by atoms with Gasteiger partial charge in [-0.15, -0.1) is 0 Å². The predicted molar refractivity (Wildman–Crippen MR) is 62.4 cm³/mol. The molecule has 1 N–H and O–H groups in total. The van der Waals surface area contributed by atoms with E-state index >= 15 is 0 Å². The van der Waals surface area contributed by atoms with Crippen LogP contribution in [0.25, 0.3) is 0 Å². The van der Waals surface area contributed by atoms with Gasteiger partial charge in [-0.2, -0.15) is 5.10 Å². The molecule has 2 rings (SSSR count). The lowest BCUT2D eigenvalue weighted by molar-refractivity contribution is 0.654. The summed E-state index contributed by atoms with van der Waals surface area (Å²) in [5.74, 6) is 2.60. The minimum absolute atomic E-state index is 0.712. The van der Waals surface area contributed by atoms with Gasteiger partial charge in [0.25, 0.3) is 0 Å². The smallest absolute Gasteiger partial charge is 0.147 e. The highest BCUT2D eigenvalue weighted by molar-refractivity contribution is 5.34. The van der Waals surface area contributed by atoms with Gasteiger partial charge in [0.2, 0.25) is 0 Å². The first kappa shape index (κ1) is 10.6. The fraction of sp³-hybridized carbons (Fsp3) is 0.364. The summed E-state index contributed by atoms with van der Waals surface area (Å²) in [7, 11) is 1.85. The molecule has 5 nitrogen and oxygen atoms in total. The van der Waals surface area contributed by atoms with E-state index in [4.69, 9.17) is 0 Å². The second-order valence-corrected chi connectivity index (χ2v) is 3.67. The van der Waals surface area contributed by atoms with Gasteiger partial charge in [0.05, 0.1) is 6.54 Å². The summed E-state index contributed by atoms with van der Waals surface area (Å²) in [6.45, 7) is 4.56. The van der Waals surface area contributed by atoms with E-state index in [0.29, 0.717) is 6.54 Å². The molecule has 0 aliphatic carbocycles. The zero-order chi connectivity index (χ0) is 11.5. The third-order valence-corrected chi connectivity index (χ3v) is 2.38. The summed E-state index contributed by atoms with van der Waals surface area (Å²) in [5, 5.41) is 7.30. The summed E-state index contributed by atoms with van der Waals surface area (Å²) in [5.41, 5.74) is 1.12. The third-order valence-electron chi connectivity index (χ3n) is 2.38. The molecule has 0 unspecified atom stereocenters. The van der Waals surface area contributed by atoms with Gasteiger partial charge < -0.3 is 5.32 Å².